The molecule has 0 aromatic heterocycles. The standard InChI is InChI=1S/C15H19FN4O4/c16-12-7-10(20-9-11(8-17)24-15(20)23)1-2-13(12)18-3-5-19(6-4-18)14(21)22/h1-2,7,11H,3-6,8-9,17H2,(H,21,22)/t11-/m0/s1. The van der Waals surface area contributed by atoms with Gasteiger partial charge in [0.15, 0.2) is 0 Å². The zero-order valence-electron chi connectivity index (χ0n) is 13.0. The van der Waals surface area contributed by atoms with Gasteiger partial charge in [-0.15, -0.1) is 0 Å². The molecule has 2 aliphatic heterocycles. The lowest BCUT2D eigenvalue weighted by Crippen LogP contribution is -2.48. The zero-order valence-corrected chi connectivity index (χ0v) is 13.0. The highest BCUT2D eigenvalue weighted by atomic mass is 19.1. The number of amides is 2. The van der Waals surface area contributed by atoms with Crippen LogP contribution >= 0.6 is 0 Å². The minimum absolute atomic E-state index is 0.219. The van der Waals surface area contributed by atoms with Crippen molar-refractivity contribution in [3.8, 4) is 0 Å². The van der Waals surface area contributed by atoms with Crippen LogP contribution < -0.4 is 15.5 Å². The highest BCUT2D eigenvalue weighted by molar-refractivity contribution is 5.90. The first kappa shape index (κ1) is 16.3. The van der Waals surface area contributed by atoms with E-state index in [2.05, 4.69) is 0 Å². The number of rotatable bonds is 3. The number of piperazine rings is 1. The van der Waals surface area contributed by atoms with Gasteiger partial charge in [0.1, 0.15) is 11.9 Å². The molecule has 1 aromatic rings. The van der Waals surface area contributed by atoms with Gasteiger partial charge in [0, 0.05) is 32.7 Å². The van der Waals surface area contributed by atoms with E-state index in [4.69, 9.17) is 15.6 Å². The maximum atomic E-state index is 14.5. The van der Waals surface area contributed by atoms with Crippen LogP contribution in [0.1, 0.15) is 0 Å². The largest absolute Gasteiger partial charge is 0.465 e. The number of halogens is 1. The number of nitrogens with zero attached hydrogens (tertiary/aromatic N) is 3. The van der Waals surface area contributed by atoms with Crippen molar-refractivity contribution in [1.82, 2.24) is 4.90 Å². The van der Waals surface area contributed by atoms with Crippen molar-refractivity contribution < 1.29 is 23.8 Å². The smallest absolute Gasteiger partial charge is 0.414 e. The highest BCUT2D eigenvalue weighted by Gasteiger charge is 2.32. The second-order valence-corrected chi connectivity index (χ2v) is 5.74. The van der Waals surface area contributed by atoms with Crippen LogP contribution in [0.3, 0.4) is 0 Å². The second kappa shape index (κ2) is 6.52. The Morgan fingerprint density at radius 3 is 2.58 bits per heavy atom. The predicted molar refractivity (Wildman–Crippen MR) is 84.9 cm³/mol. The molecule has 3 N–H and O–H groups in total. The molecule has 0 aliphatic carbocycles. The Morgan fingerprint density at radius 2 is 2.04 bits per heavy atom. The fraction of sp³-hybridized carbons (Fsp3) is 0.467. The number of hydrogen-bond donors (Lipinski definition) is 2. The van der Waals surface area contributed by atoms with Gasteiger partial charge in [-0.1, -0.05) is 0 Å². The molecule has 0 saturated carbocycles. The van der Waals surface area contributed by atoms with Crippen molar-refractivity contribution in [2.45, 2.75) is 6.10 Å². The summed E-state index contributed by atoms with van der Waals surface area (Å²) in [7, 11) is 0. The topological polar surface area (TPSA) is 99.3 Å². The van der Waals surface area contributed by atoms with Gasteiger partial charge in [0.05, 0.1) is 17.9 Å². The average Bonchev–Trinajstić information content (AvgIpc) is 2.96. The SMILES string of the molecule is NC[C@H]1CN(c2ccc(N3CCN(C(=O)O)CC3)c(F)c2)C(=O)O1. The molecule has 8 nitrogen and oxygen atoms in total. The van der Waals surface area contributed by atoms with Gasteiger partial charge < -0.3 is 25.4 Å². The molecule has 0 spiro atoms. The van der Waals surface area contributed by atoms with Crippen LogP contribution in [0.25, 0.3) is 0 Å². The first-order chi connectivity index (χ1) is 11.5. The molecule has 0 radical (unpaired) electrons. The Labute approximate surface area is 138 Å². The molecule has 2 amide bonds. The molecule has 2 fully saturated rings. The molecule has 2 heterocycles. The Bertz CT molecular complexity index is 648. The molecule has 0 unspecified atom stereocenters. The van der Waals surface area contributed by atoms with Crippen molar-refractivity contribution >= 4 is 23.6 Å². The van der Waals surface area contributed by atoms with Gasteiger partial charge in [0.2, 0.25) is 0 Å². The second-order valence-electron chi connectivity index (χ2n) is 5.74. The molecule has 3 rings (SSSR count). The number of ether oxygens (including phenoxy) is 1. The summed E-state index contributed by atoms with van der Waals surface area (Å²) < 4.78 is 19.5. The summed E-state index contributed by atoms with van der Waals surface area (Å²) >= 11 is 0. The fourth-order valence-corrected chi connectivity index (χ4v) is 2.91. The molecular weight excluding hydrogens is 319 g/mol. The van der Waals surface area contributed by atoms with Crippen LogP contribution in [0, 0.1) is 5.82 Å². The van der Waals surface area contributed by atoms with Gasteiger partial charge in [-0.3, -0.25) is 4.90 Å². The lowest BCUT2D eigenvalue weighted by Gasteiger charge is -2.34. The summed E-state index contributed by atoms with van der Waals surface area (Å²) in [6, 6.07) is 4.55. The number of carbonyl (C=O) groups is 2. The molecule has 0 bridgehead atoms. The summed E-state index contributed by atoms with van der Waals surface area (Å²) in [5.41, 5.74) is 6.30. The van der Waals surface area contributed by atoms with E-state index in [-0.39, 0.29) is 12.6 Å². The van der Waals surface area contributed by atoms with E-state index >= 15 is 0 Å². The Hall–Kier alpha value is -2.55. The third kappa shape index (κ3) is 3.07. The first-order valence-electron chi connectivity index (χ1n) is 7.70. The van der Waals surface area contributed by atoms with Gasteiger partial charge in [-0.25, -0.2) is 14.0 Å². The van der Waals surface area contributed by atoms with E-state index in [0.717, 1.165) is 0 Å². The lowest BCUT2D eigenvalue weighted by molar-refractivity contribution is 0.142. The van der Waals surface area contributed by atoms with Gasteiger partial charge >= 0.3 is 12.2 Å². The summed E-state index contributed by atoms with van der Waals surface area (Å²) in [5, 5.41) is 8.95. The first-order valence-corrected chi connectivity index (χ1v) is 7.70. The normalized spacial score (nSPS) is 21.2. The van der Waals surface area contributed by atoms with E-state index in [0.29, 0.717) is 44.1 Å². The van der Waals surface area contributed by atoms with E-state index < -0.39 is 18.0 Å². The van der Waals surface area contributed by atoms with Crippen LogP contribution in [0.2, 0.25) is 0 Å². The van der Waals surface area contributed by atoms with E-state index in [1.165, 1.54) is 15.9 Å². The minimum Gasteiger partial charge on any atom is -0.465 e. The summed E-state index contributed by atoms with van der Waals surface area (Å²) in [4.78, 5) is 27.2. The van der Waals surface area contributed by atoms with Crippen LogP contribution in [-0.2, 0) is 4.74 Å². The molecule has 9 heteroatoms. The van der Waals surface area contributed by atoms with Crippen LogP contribution in [0.15, 0.2) is 18.2 Å². The molecule has 24 heavy (non-hydrogen) atoms. The highest BCUT2D eigenvalue weighted by Crippen LogP contribution is 2.28. The van der Waals surface area contributed by atoms with E-state index in [9.17, 15) is 14.0 Å². The summed E-state index contributed by atoms with van der Waals surface area (Å²) in [6.07, 6.45) is -1.88. The molecule has 130 valence electrons. The Kier molecular flexibility index (Phi) is 4.43. The maximum absolute atomic E-state index is 14.5. The van der Waals surface area contributed by atoms with Crippen molar-refractivity contribution in [2.75, 3.05) is 49.1 Å². The van der Waals surface area contributed by atoms with Crippen LogP contribution in [0.5, 0.6) is 0 Å². The monoisotopic (exact) mass is 338 g/mol. The maximum Gasteiger partial charge on any atom is 0.414 e. The van der Waals surface area contributed by atoms with E-state index in [1.807, 2.05) is 0 Å². The summed E-state index contributed by atoms with van der Waals surface area (Å²) in [5.74, 6) is -0.458. The van der Waals surface area contributed by atoms with E-state index in [1.54, 1.807) is 17.0 Å². The number of carbonyl (C=O) groups excluding carboxylic acids is 1. The minimum atomic E-state index is -0.965. The van der Waals surface area contributed by atoms with Crippen molar-refractivity contribution in [3.05, 3.63) is 24.0 Å². The number of carboxylic acid groups (broad SMARTS) is 1. The molecule has 1 atom stereocenters. The van der Waals surface area contributed by atoms with Crippen LogP contribution in [0.4, 0.5) is 25.4 Å². The predicted octanol–water partition coefficient (Wildman–Crippen LogP) is 0.910. The third-order valence-electron chi connectivity index (χ3n) is 4.27. The fourth-order valence-electron chi connectivity index (χ4n) is 2.91. The summed E-state index contributed by atoms with van der Waals surface area (Å²) in [6.45, 7) is 2.01. The Balaban J connectivity index is 1.72. The number of cyclic esters (lactones) is 1. The van der Waals surface area contributed by atoms with Gasteiger partial charge in [-0.05, 0) is 18.2 Å². The van der Waals surface area contributed by atoms with Crippen molar-refractivity contribution in [3.63, 3.8) is 0 Å². The third-order valence-corrected chi connectivity index (χ3v) is 4.27. The number of hydrogen-bond acceptors (Lipinski definition) is 5. The van der Waals surface area contributed by atoms with Crippen molar-refractivity contribution in [1.29, 1.82) is 0 Å². The average molecular weight is 338 g/mol. The molecule has 2 saturated heterocycles. The van der Waals surface area contributed by atoms with Gasteiger partial charge in [0.25, 0.3) is 0 Å². The molecule has 2 aliphatic rings. The lowest BCUT2D eigenvalue weighted by atomic mass is 10.2. The Morgan fingerprint density at radius 1 is 1.33 bits per heavy atom. The van der Waals surface area contributed by atoms with Gasteiger partial charge in [-0.2, -0.15) is 0 Å². The quantitative estimate of drug-likeness (QED) is 0.850. The van der Waals surface area contributed by atoms with Crippen molar-refractivity contribution in [2.24, 2.45) is 5.73 Å². The number of anilines is 2. The molecular formula is C15H19FN4O4. The molecule has 1 aromatic carbocycles. The number of nitrogens with two attached hydrogens (primary N) is 1. The number of benzene rings is 1. The zero-order chi connectivity index (χ0) is 17.3. The van der Waals surface area contributed by atoms with Crippen LogP contribution in [-0.4, -0.2) is 67.6 Å².